The smallest absolute Gasteiger partial charge is 0.0800 e. The second kappa shape index (κ2) is 6.07. The highest BCUT2D eigenvalue weighted by Gasteiger charge is 2.27. The maximum absolute atomic E-state index is 9.70. The van der Waals surface area contributed by atoms with Crippen molar-refractivity contribution in [3.63, 3.8) is 0 Å². The summed E-state index contributed by atoms with van der Waals surface area (Å²) in [5, 5.41) is 12.1. The Kier molecular flexibility index (Phi) is 4.42. The van der Waals surface area contributed by atoms with Crippen molar-refractivity contribution < 1.29 is 0 Å². The highest BCUT2D eigenvalue weighted by Crippen LogP contribution is 2.33. The van der Waals surface area contributed by atoms with Crippen LogP contribution in [0.4, 0.5) is 0 Å². The van der Waals surface area contributed by atoms with Gasteiger partial charge in [0.25, 0.3) is 0 Å². The molecule has 0 heterocycles. The lowest BCUT2D eigenvalue weighted by molar-refractivity contribution is 0.375. The first-order valence-corrected chi connectivity index (χ1v) is 7.11. The predicted molar refractivity (Wildman–Crippen MR) is 84.7 cm³/mol. The average molecular weight is 266 g/mol. The molecule has 2 nitrogen and oxygen atoms in total. The minimum Gasteiger partial charge on any atom is -0.309 e. The zero-order chi connectivity index (χ0) is 14.6. The molecule has 1 atom stereocenters. The molecular weight excluding hydrogens is 244 g/mol. The molecule has 2 aromatic carbocycles. The van der Waals surface area contributed by atoms with Gasteiger partial charge in [0.1, 0.15) is 0 Å². The van der Waals surface area contributed by atoms with Gasteiger partial charge < -0.3 is 4.90 Å². The maximum atomic E-state index is 9.70. The first-order chi connectivity index (χ1) is 9.57. The van der Waals surface area contributed by atoms with Crippen LogP contribution in [0.25, 0.3) is 10.8 Å². The van der Waals surface area contributed by atoms with Crippen LogP contribution < -0.4 is 0 Å². The Morgan fingerprint density at radius 2 is 1.80 bits per heavy atom. The van der Waals surface area contributed by atoms with E-state index in [2.05, 4.69) is 62.3 Å². The Morgan fingerprint density at radius 3 is 2.50 bits per heavy atom. The zero-order valence-corrected chi connectivity index (χ0v) is 12.6. The summed E-state index contributed by atoms with van der Waals surface area (Å²) in [6.07, 6.45) is 1.91. The van der Waals surface area contributed by atoms with E-state index in [-0.39, 0.29) is 0 Å². The summed E-state index contributed by atoms with van der Waals surface area (Å²) in [6.45, 7) is 3.08. The van der Waals surface area contributed by atoms with E-state index in [0.717, 1.165) is 24.9 Å². The minimum atomic E-state index is -0.420. The Bertz CT molecular complexity index is 619. The van der Waals surface area contributed by atoms with Crippen molar-refractivity contribution in [3.05, 3.63) is 48.0 Å². The third-order valence-corrected chi connectivity index (χ3v) is 3.91. The molecule has 0 unspecified atom stereocenters. The number of fused-ring (bicyclic) bond motifs is 1. The van der Waals surface area contributed by atoms with Gasteiger partial charge in [0.15, 0.2) is 0 Å². The van der Waals surface area contributed by atoms with Crippen LogP contribution >= 0.6 is 0 Å². The SMILES string of the molecule is CN(C)CCC[C@](C)(C#N)c1cccc2ccccc12. The summed E-state index contributed by atoms with van der Waals surface area (Å²) < 4.78 is 0. The van der Waals surface area contributed by atoms with Crippen LogP contribution in [0.15, 0.2) is 42.5 Å². The van der Waals surface area contributed by atoms with E-state index in [1.807, 2.05) is 12.1 Å². The molecule has 0 radical (unpaired) electrons. The molecule has 2 rings (SSSR count). The van der Waals surface area contributed by atoms with E-state index in [0.29, 0.717) is 0 Å². The molecule has 0 aliphatic carbocycles. The normalized spacial score (nSPS) is 14.2. The molecule has 0 saturated carbocycles. The van der Waals surface area contributed by atoms with Crippen molar-refractivity contribution in [1.29, 1.82) is 5.26 Å². The van der Waals surface area contributed by atoms with Gasteiger partial charge in [0.2, 0.25) is 0 Å². The third-order valence-electron chi connectivity index (χ3n) is 3.91. The Labute approximate surface area is 121 Å². The molecule has 0 N–H and O–H groups in total. The van der Waals surface area contributed by atoms with Crippen molar-refractivity contribution in [3.8, 4) is 6.07 Å². The number of hydrogen-bond donors (Lipinski definition) is 0. The third kappa shape index (κ3) is 3.00. The number of hydrogen-bond acceptors (Lipinski definition) is 2. The van der Waals surface area contributed by atoms with Crippen molar-refractivity contribution >= 4 is 10.8 Å². The van der Waals surface area contributed by atoms with Crippen LogP contribution in [0.1, 0.15) is 25.3 Å². The lowest BCUT2D eigenvalue weighted by atomic mass is 9.77. The molecule has 0 aromatic heterocycles. The molecule has 0 fully saturated rings. The van der Waals surface area contributed by atoms with E-state index in [1.54, 1.807) is 0 Å². The first kappa shape index (κ1) is 14.6. The summed E-state index contributed by atoms with van der Waals surface area (Å²) in [5.74, 6) is 0. The van der Waals surface area contributed by atoms with Crippen LogP contribution in [-0.4, -0.2) is 25.5 Å². The van der Waals surface area contributed by atoms with Gasteiger partial charge in [-0.05, 0) is 56.7 Å². The van der Waals surface area contributed by atoms with Gasteiger partial charge >= 0.3 is 0 Å². The topological polar surface area (TPSA) is 27.0 Å². The van der Waals surface area contributed by atoms with Crippen LogP contribution in [-0.2, 0) is 5.41 Å². The zero-order valence-electron chi connectivity index (χ0n) is 12.6. The van der Waals surface area contributed by atoms with Gasteiger partial charge in [-0.2, -0.15) is 5.26 Å². The number of benzene rings is 2. The minimum absolute atomic E-state index is 0.420. The largest absolute Gasteiger partial charge is 0.309 e. The van der Waals surface area contributed by atoms with Crippen LogP contribution in [0.3, 0.4) is 0 Å². The van der Waals surface area contributed by atoms with E-state index in [4.69, 9.17) is 0 Å². The summed E-state index contributed by atoms with van der Waals surface area (Å²) in [7, 11) is 4.14. The van der Waals surface area contributed by atoms with Gasteiger partial charge in [0, 0.05) is 0 Å². The molecule has 0 amide bonds. The standard InChI is InChI=1S/C18H22N2/c1-18(14-19,12-7-13-20(2)3)17-11-6-9-15-8-4-5-10-16(15)17/h4-6,8-11H,7,12-13H2,1-3H3/t18-/m1/s1. The van der Waals surface area contributed by atoms with Crippen molar-refractivity contribution in [1.82, 2.24) is 4.90 Å². The average Bonchev–Trinajstić information content (AvgIpc) is 2.46. The number of nitrogens with zero attached hydrogens (tertiary/aromatic N) is 2. The van der Waals surface area contributed by atoms with Gasteiger partial charge in [-0.1, -0.05) is 42.5 Å². The fourth-order valence-corrected chi connectivity index (χ4v) is 2.71. The fourth-order valence-electron chi connectivity index (χ4n) is 2.71. The molecule has 0 spiro atoms. The maximum Gasteiger partial charge on any atom is 0.0800 e. The molecule has 20 heavy (non-hydrogen) atoms. The van der Waals surface area contributed by atoms with Gasteiger partial charge in [-0.15, -0.1) is 0 Å². The highest BCUT2D eigenvalue weighted by molar-refractivity contribution is 5.87. The van der Waals surface area contributed by atoms with E-state index in [9.17, 15) is 5.26 Å². The van der Waals surface area contributed by atoms with Crippen molar-refractivity contribution in [2.45, 2.75) is 25.2 Å². The molecule has 0 bridgehead atoms. The molecule has 104 valence electrons. The van der Waals surface area contributed by atoms with Gasteiger partial charge in [-0.25, -0.2) is 0 Å². The highest BCUT2D eigenvalue weighted by atomic mass is 15.0. The Balaban J connectivity index is 2.36. The van der Waals surface area contributed by atoms with E-state index in [1.165, 1.54) is 10.8 Å². The lowest BCUT2D eigenvalue weighted by Crippen LogP contribution is -2.23. The summed E-state index contributed by atoms with van der Waals surface area (Å²) in [6, 6.07) is 17.1. The summed E-state index contributed by atoms with van der Waals surface area (Å²) in [4.78, 5) is 2.17. The molecular formula is C18H22N2. The molecule has 0 aliphatic rings. The molecule has 2 aromatic rings. The van der Waals surface area contributed by atoms with Crippen LogP contribution in [0.2, 0.25) is 0 Å². The molecule has 0 aliphatic heterocycles. The Hall–Kier alpha value is -1.85. The lowest BCUT2D eigenvalue weighted by Gasteiger charge is -2.24. The van der Waals surface area contributed by atoms with Crippen LogP contribution in [0, 0.1) is 11.3 Å². The Morgan fingerprint density at radius 1 is 1.10 bits per heavy atom. The first-order valence-electron chi connectivity index (χ1n) is 7.11. The molecule has 2 heteroatoms. The van der Waals surface area contributed by atoms with Gasteiger partial charge in [-0.3, -0.25) is 0 Å². The summed E-state index contributed by atoms with van der Waals surface area (Å²) >= 11 is 0. The van der Waals surface area contributed by atoms with Crippen molar-refractivity contribution in [2.24, 2.45) is 0 Å². The fraction of sp³-hybridized carbons (Fsp3) is 0.389. The predicted octanol–water partition coefficient (Wildman–Crippen LogP) is 3.96. The number of nitriles is 1. The molecule has 0 saturated heterocycles. The second-order valence-electron chi connectivity index (χ2n) is 5.88. The van der Waals surface area contributed by atoms with E-state index >= 15 is 0 Å². The second-order valence-corrected chi connectivity index (χ2v) is 5.88. The number of rotatable bonds is 5. The quantitative estimate of drug-likeness (QED) is 0.819. The van der Waals surface area contributed by atoms with Gasteiger partial charge in [0.05, 0.1) is 11.5 Å². The van der Waals surface area contributed by atoms with Crippen molar-refractivity contribution in [2.75, 3.05) is 20.6 Å². The van der Waals surface area contributed by atoms with E-state index < -0.39 is 5.41 Å². The van der Waals surface area contributed by atoms with Crippen LogP contribution in [0.5, 0.6) is 0 Å². The summed E-state index contributed by atoms with van der Waals surface area (Å²) in [5.41, 5.74) is 0.730. The monoisotopic (exact) mass is 266 g/mol.